The summed E-state index contributed by atoms with van der Waals surface area (Å²) in [7, 11) is 0. The van der Waals surface area contributed by atoms with Crippen molar-refractivity contribution in [2.45, 2.75) is 33.7 Å². The number of fused-ring (bicyclic) bond motifs is 1. The molecular weight excluding hydrogens is 376 g/mol. The minimum atomic E-state index is -0.244. The zero-order valence-electron chi connectivity index (χ0n) is 18.0. The molecule has 30 heavy (non-hydrogen) atoms. The molecule has 0 saturated carbocycles. The molecule has 0 saturated heterocycles. The highest BCUT2D eigenvalue weighted by atomic mass is 16.2. The average molecular weight is 407 g/mol. The first-order valence-electron chi connectivity index (χ1n) is 10.6. The van der Waals surface area contributed by atoms with Crippen molar-refractivity contribution in [2.24, 2.45) is 5.92 Å². The van der Waals surface area contributed by atoms with Gasteiger partial charge in [0.1, 0.15) is 0 Å². The SMILES string of the molecule is CCN(CCCNC(=O)c1nn(CC(C)C)c(=O)c2ccccc12)c1ccccc1. The first kappa shape index (κ1) is 21.6. The molecule has 1 amide bonds. The summed E-state index contributed by atoms with van der Waals surface area (Å²) in [5.41, 5.74) is 1.33. The Morgan fingerprint density at radius 1 is 1.07 bits per heavy atom. The van der Waals surface area contributed by atoms with Crippen molar-refractivity contribution < 1.29 is 4.79 Å². The fourth-order valence-corrected chi connectivity index (χ4v) is 3.54. The number of amides is 1. The molecule has 0 spiro atoms. The zero-order chi connectivity index (χ0) is 21.5. The molecule has 0 fully saturated rings. The minimum absolute atomic E-state index is 0.155. The molecule has 2 aromatic carbocycles. The van der Waals surface area contributed by atoms with Gasteiger partial charge in [-0.2, -0.15) is 5.10 Å². The van der Waals surface area contributed by atoms with Crippen LogP contribution in [0.3, 0.4) is 0 Å². The van der Waals surface area contributed by atoms with Gasteiger partial charge in [-0.05, 0) is 37.5 Å². The number of para-hydroxylation sites is 1. The Kier molecular flexibility index (Phi) is 7.22. The largest absolute Gasteiger partial charge is 0.372 e. The van der Waals surface area contributed by atoms with E-state index in [1.54, 1.807) is 12.1 Å². The van der Waals surface area contributed by atoms with E-state index < -0.39 is 0 Å². The summed E-state index contributed by atoms with van der Waals surface area (Å²) >= 11 is 0. The van der Waals surface area contributed by atoms with Crippen LogP contribution < -0.4 is 15.8 Å². The third-order valence-corrected chi connectivity index (χ3v) is 5.01. The Balaban J connectivity index is 1.70. The summed E-state index contributed by atoms with van der Waals surface area (Å²) in [4.78, 5) is 27.9. The second-order valence-corrected chi connectivity index (χ2v) is 7.80. The van der Waals surface area contributed by atoms with Gasteiger partial charge in [0.15, 0.2) is 5.69 Å². The van der Waals surface area contributed by atoms with E-state index >= 15 is 0 Å². The number of rotatable bonds is 9. The first-order chi connectivity index (χ1) is 14.5. The smallest absolute Gasteiger partial charge is 0.274 e. The Morgan fingerprint density at radius 3 is 2.40 bits per heavy atom. The summed E-state index contributed by atoms with van der Waals surface area (Å²) < 4.78 is 1.41. The van der Waals surface area contributed by atoms with Crippen molar-refractivity contribution in [3.05, 3.63) is 70.6 Å². The van der Waals surface area contributed by atoms with Crippen LogP contribution in [-0.4, -0.2) is 35.3 Å². The molecule has 0 aliphatic carbocycles. The number of carbonyl (C=O) groups is 1. The fourth-order valence-electron chi connectivity index (χ4n) is 3.54. The second kappa shape index (κ2) is 10.1. The van der Waals surface area contributed by atoms with Gasteiger partial charge in [0.25, 0.3) is 11.5 Å². The quantitative estimate of drug-likeness (QED) is 0.550. The third kappa shape index (κ3) is 5.06. The number of nitrogens with zero attached hydrogens (tertiary/aromatic N) is 3. The van der Waals surface area contributed by atoms with Gasteiger partial charge in [-0.25, -0.2) is 4.68 Å². The molecule has 1 heterocycles. The monoisotopic (exact) mass is 406 g/mol. The fraction of sp³-hybridized carbons (Fsp3) is 0.375. The van der Waals surface area contributed by atoms with Crippen molar-refractivity contribution in [3.8, 4) is 0 Å². The van der Waals surface area contributed by atoms with E-state index in [2.05, 4.69) is 34.4 Å². The van der Waals surface area contributed by atoms with Crippen LogP contribution in [0.1, 0.15) is 37.7 Å². The van der Waals surface area contributed by atoms with Crippen molar-refractivity contribution in [1.29, 1.82) is 0 Å². The van der Waals surface area contributed by atoms with E-state index in [0.29, 0.717) is 29.6 Å². The Labute approximate surface area is 177 Å². The number of carbonyl (C=O) groups excluding carboxylic acids is 1. The maximum absolute atomic E-state index is 12.9. The highest BCUT2D eigenvalue weighted by Gasteiger charge is 2.17. The number of aromatic nitrogens is 2. The van der Waals surface area contributed by atoms with Crippen LogP contribution in [-0.2, 0) is 6.54 Å². The normalized spacial score (nSPS) is 11.1. The van der Waals surface area contributed by atoms with E-state index in [1.807, 2.05) is 44.2 Å². The number of benzene rings is 2. The predicted molar refractivity (Wildman–Crippen MR) is 122 cm³/mol. The molecule has 1 N–H and O–H groups in total. The van der Waals surface area contributed by atoms with Crippen molar-refractivity contribution >= 4 is 22.4 Å². The molecule has 0 radical (unpaired) electrons. The lowest BCUT2D eigenvalue weighted by Crippen LogP contribution is -2.33. The van der Waals surface area contributed by atoms with Crippen LogP contribution in [0.2, 0.25) is 0 Å². The van der Waals surface area contributed by atoms with Crippen molar-refractivity contribution in [1.82, 2.24) is 15.1 Å². The molecule has 0 aliphatic rings. The Bertz CT molecular complexity index is 1040. The number of anilines is 1. The summed E-state index contributed by atoms with van der Waals surface area (Å²) in [6.07, 6.45) is 0.818. The number of hydrogen-bond donors (Lipinski definition) is 1. The molecule has 3 aromatic rings. The molecule has 6 nitrogen and oxygen atoms in total. The number of nitrogens with one attached hydrogen (secondary N) is 1. The molecule has 1 aromatic heterocycles. The second-order valence-electron chi connectivity index (χ2n) is 7.80. The van der Waals surface area contributed by atoms with Gasteiger partial charge in [-0.1, -0.05) is 50.2 Å². The highest BCUT2D eigenvalue weighted by molar-refractivity contribution is 6.04. The topological polar surface area (TPSA) is 67.2 Å². The molecule has 6 heteroatoms. The van der Waals surface area contributed by atoms with Gasteiger partial charge >= 0.3 is 0 Å². The molecule has 158 valence electrons. The molecule has 3 rings (SSSR count). The average Bonchev–Trinajstić information content (AvgIpc) is 2.76. The lowest BCUT2D eigenvalue weighted by Gasteiger charge is -2.23. The van der Waals surface area contributed by atoms with Crippen molar-refractivity contribution in [2.75, 3.05) is 24.5 Å². The van der Waals surface area contributed by atoms with Crippen LogP contribution in [0.4, 0.5) is 5.69 Å². The first-order valence-corrected chi connectivity index (χ1v) is 10.6. The summed E-state index contributed by atoms with van der Waals surface area (Å²) in [5, 5.41) is 8.50. The molecule has 0 atom stereocenters. The lowest BCUT2D eigenvalue weighted by atomic mass is 10.1. The van der Waals surface area contributed by atoms with Crippen LogP contribution in [0, 0.1) is 5.92 Å². The highest BCUT2D eigenvalue weighted by Crippen LogP contribution is 2.15. The molecule has 0 aliphatic heterocycles. The van der Waals surface area contributed by atoms with Gasteiger partial charge in [0, 0.05) is 37.3 Å². The summed E-state index contributed by atoms with van der Waals surface area (Å²) in [5.74, 6) is 0.0109. The standard InChI is InChI=1S/C24H30N4O2/c1-4-27(19-11-6-5-7-12-19)16-10-15-25-23(29)22-20-13-8-9-14-21(20)24(30)28(26-22)17-18(2)3/h5-9,11-14,18H,4,10,15-17H2,1-3H3,(H,25,29). The summed E-state index contributed by atoms with van der Waals surface area (Å²) in [6, 6.07) is 17.4. The van der Waals surface area contributed by atoms with Gasteiger partial charge in [-0.3, -0.25) is 9.59 Å². The van der Waals surface area contributed by atoms with Crippen LogP contribution in [0.25, 0.3) is 10.8 Å². The van der Waals surface area contributed by atoms with Crippen LogP contribution >= 0.6 is 0 Å². The number of hydrogen-bond acceptors (Lipinski definition) is 4. The van der Waals surface area contributed by atoms with Crippen LogP contribution in [0.15, 0.2) is 59.4 Å². The Hall–Kier alpha value is -3.15. The third-order valence-electron chi connectivity index (χ3n) is 5.01. The van der Waals surface area contributed by atoms with Gasteiger partial charge in [-0.15, -0.1) is 0 Å². The van der Waals surface area contributed by atoms with Gasteiger partial charge < -0.3 is 10.2 Å². The maximum atomic E-state index is 12.9. The Morgan fingerprint density at radius 2 is 1.73 bits per heavy atom. The zero-order valence-corrected chi connectivity index (χ0v) is 18.0. The lowest BCUT2D eigenvalue weighted by molar-refractivity contribution is 0.0947. The van der Waals surface area contributed by atoms with Gasteiger partial charge in [0.05, 0.1) is 5.39 Å². The van der Waals surface area contributed by atoms with E-state index in [1.165, 1.54) is 10.4 Å². The minimum Gasteiger partial charge on any atom is -0.372 e. The van der Waals surface area contributed by atoms with E-state index in [-0.39, 0.29) is 17.4 Å². The molecular formula is C24H30N4O2. The molecule has 0 bridgehead atoms. The maximum Gasteiger partial charge on any atom is 0.274 e. The van der Waals surface area contributed by atoms with Crippen LogP contribution in [0.5, 0.6) is 0 Å². The van der Waals surface area contributed by atoms with E-state index in [0.717, 1.165) is 19.5 Å². The summed E-state index contributed by atoms with van der Waals surface area (Å²) in [6.45, 7) is 8.95. The van der Waals surface area contributed by atoms with Crippen molar-refractivity contribution in [3.63, 3.8) is 0 Å². The van der Waals surface area contributed by atoms with E-state index in [4.69, 9.17) is 0 Å². The van der Waals surface area contributed by atoms with E-state index in [9.17, 15) is 9.59 Å². The molecule has 0 unspecified atom stereocenters. The van der Waals surface area contributed by atoms with Gasteiger partial charge in [0.2, 0.25) is 0 Å². The predicted octanol–water partition coefficient (Wildman–Crippen LogP) is 3.70.